The first-order chi connectivity index (χ1) is 22.0. The fraction of sp³-hybridized carbons (Fsp3) is 0.242. The maximum Gasteiger partial charge on any atom is 0.425 e. The summed E-state index contributed by atoms with van der Waals surface area (Å²) in [5, 5.41) is 13.3. The molecule has 0 atom stereocenters. The minimum Gasteiger partial charge on any atom is -0.481 e. The third kappa shape index (κ3) is 7.06. The molecule has 13 heteroatoms. The van der Waals surface area contributed by atoms with E-state index in [1.165, 1.54) is 10.4 Å². The van der Waals surface area contributed by atoms with Crippen molar-refractivity contribution in [3.05, 3.63) is 118 Å². The van der Waals surface area contributed by atoms with E-state index in [1.54, 1.807) is 84.9 Å². The number of carboxylic acids is 1. The van der Waals surface area contributed by atoms with Crippen molar-refractivity contribution in [2.24, 2.45) is 5.92 Å². The number of carboxylic acid groups (broad SMARTS) is 1. The van der Waals surface area contributed by atoms with Gasteiger partial charge in [-0.15, -0.1) is 11.3 Å². The normalized spacial score (nSPS) is 16.8. The summed E-state index contributed by atoms with van der Waals surface area (Å²) in [6.07, 6.45) is -3.96. The fourth-order valence-corrected chi connectivity index (χ4v) is 8.17. The number of halogens is 3. The lowest BCUT2D eigenvalue weighted by Crippen LogP contribution is -2.49. The van der Waals surface area contributed by atoms with E-state index in [2.05, 4.69) is 10.1 Å². The van der Waals surface area contributed by atoms with Gasteiger partial charge in [0.25, 0.3) is 5.89 Å². The van der Waals surface area contributed by atoms with Crippen LogP contribution in [0.1, 0.15) is 40.0 Å². The highest BCUT2D eigenvalue weighted by Crippen LogP contribution is 2.42. The zero-order valence-corrected chi connectivity index (χ0v) is 25.9. The predicted octanol–water partition coefficient (Wildman–Crippen LogP) is 7.27. The van der Waals surface area contributed by atoms with Crippen molar-refractivity contribution < 1.29 is 36.0 Å². The van der Waals surface area contributed by atoms with Crippen LogP contribution in [-0.4, -0.2) is 40.0 Å². The third-order valence-electron chi connectivity index (χ3n) is 7.91. The monoisotopic (exact) mass is 667 g/mol. The molecule has 1 N–H and O–H groups in total. The second-order valence-corrected chi connectivity index (χ2v) is 14.2. The van der Waals surface area contributed by atoms with E-state index in [-0.39, 0.29) is 53.7 Å². The smallest absolute Gasteiger partial charge is 0.425 e. The van der Waals surface area contributed by atoms with Gasteiger partial charge >= 0.3 is 12.1 Å². The fourth-order valence-electron chi connectivity index (χ4n) is 5.45. The molecule has 3 aromatic carbocycles. The van der Waals surface area contributed by atoms with Gasteiger partial charge in [0.1, 0.15) is 4.88 Å². The second-order valence-electron chi connectivity index (χ2n) is 11.2. The molecule has 0 bridgehead atoms. The van der Waals surface area contributed by atoms with Gasteiger partial charge < -0.3 is 9.63 Å². The lowest BCUT2D eigenvalue weighted by atomic mass is 9.80. The highest BCUT2D eigenvalue weighted by Gasteiger charge is 2.42. The van der Waals surface area contributed by atoms with Gasteiger partial charge in [-0.1, -0.05) is 78.0 Å². The molecule has 1 fully saturated rings. The highest BCUT2D eigenvalue weighted by atomic mass is 32.2. The largest absolute Gasteiger partial charge is 0.481 e. The number of rotatable bonds is 11. The Morgan fingerprint density at radius 1 is 0.935 bits per heavy atom. The van der Waals surface area contributed by atoms with Crippen LogP contribution in [0.4, 0.5) is 13.2 Å². The molecular weight excluding hydrogens is 640 g/mol. The number of carbonyl (C=O) groups is 1. The van der Waals surface area contributed by atoms with Gasteiger partial charge in [0.2, 0.25) is 15.8 Å². The Bertz CT molecular complexity index is 1920. The summed E-state index contributed by atoms with van der Waals surface area (Å²) >= 11 is 0.562. The minimum absolute atomic E-state index is 0.0324. The Balaban J connectivity index is 1.20. The number of hydrogen-bond acceptors (Lipinski definition) is 7. The lowest BCUT2D eigenvalue weighted by molar-refractivity contribution is -0.146. The van der Waals surface area contributed by atoms with Crippen LogP contribution >= 0.6 is 11.3 Å². The zero-order valence-electron chi connectivity index (χ0n) is 24.2. The van der Waals surface area contributed by atoms with E-state index in [4.69, 9.17) is 4.52 Å². The average molecular weight is 668 g/mol. The van der Waals surface area contributed by atoms with Gasteiger partial charge in [0, 0.05) is 18.2 Å². The minimum atomic E-state index is -4.54. The number of nitrogens with zero attached hydrogens (tertiary/aromatic N) is 3. The van der Waals surface area contributed by atoms with Gasteiger partial charge in [-0.25, -0.2) is 8.42 Å². The van der Waals surface area contributed by atoms with Crippen LogP contribution in [0.25, 0.3) is 22.2 Å². The first kappa shape index (κ1) is 31.6. The molecule has 238 valence electrons. The number of thiophene rings is 1. The van der Waals surface area contributed by atoms with Crippen molar-refractivity contribution in [1.82, 2.24) is 14.4 Å². The number of alkyl halides is 3. The van der Waals surface area contributed by atoms with Gasteiger partial charge in [-0.3, -0.25) is 4.79 Å². The molecule has 0 spiro atoms. The average Bonchev–Trinajstić information content (AvgIpc) is 3.65. The van der Waals surface area contributed by atoms with Gasteiger partial charge in [-0.2, -0.15) is 22.5 Å². The Morgan fingerprint density at radius 2 is 1.57 bits per heavy atom. The summed E-state index contributed by atoms with van der Waals surface area (Å²) in [7, 11) is -3.78. The Labute approximate surface area is 267 Å². The maximum atomic E-state index is 13.9. The standard InChI is InChI=1S/C33H28F3N3O5S2/c34-33(35,36)29-25(15-21-7-3-1-4-8-21)18-28(45-29)30-37-31(44-38-30)24-13-11-22(12-14-24)19-39(27-16-26(17-27)32(40)41)46(42,43)20-23-9-5-2-6-10-23/h1-14,18,26-27H,15-17,19-20H2,(H,40,41). The van der Waals surface area contributed by atoms with E-state index >= 15 is 0 Å². The predicted molar refractivity (Wildman–Crippen MR) is 166 cm³/mol. The summed E-state index contributed by atoms with van der Waals surface area (Å²) in [6, 6.07) is 25.4. The van der Waals surface area contributed by atoms with Crippen LogP contribution in [0.3, 0.4) is 0 Å². The molecule has 1 aliphatic carbocycles. The summed E-state index contributed by atoms with van der Waals surface area (Å²) in [6.45, 7) is 0.0428. The van der Waals surface area contributed by atoms with Crippen LogP contribution in [0.5, 0.6) is 0 Å². The Kier molecular flexibility index (Phi) is 8.82. The molecule has 0 amide bonds. The molecule has 0 aliphatic heterocycles. The lowest BCUT2D eigenvalue weighted by Gasteiger charge is -2.40. The van der Waals surface area contributed by atoms with Crippen molar-refractivity contribution in [2.75, 3.05) is 0 Å². The van der Waals surface area contributed by atoms with Gasteiger partial charge in [0.05, 0.1) is 16.5 Å². The quantitative estimate of drug-likeness (QED) is 0.158. The number of hydrogen-bond donors (Lipinski definition) is 1. The Morgan fingerprint density at radius 3 is 2.17 bits per heavy atom. The number of sulfonamides is 1. The molecule has 1 aliphatic rings. The van der Waals surface area contributed by atoms with Crippen molar-refractivity contribution in [3.8, 4) is 22.2 Å². The molecule has 46 heavy (non-hydrogen) atoms. The van der Waals surface area contributed by atoms with Crippen molar-refractivity contribution in [2.45, 2.75) is 43.8 Å². The molecule has 8 nitrogen and oxygen atoms in total. The van der Waals surface area contributed by atoms with Crippen molar-refractivity contribution in [1.29, 1.82) is 0 Å². The maximum absolute atomic E-state index is 13.9. The molecular formula is C33H28F3N3O5S2. The van der Waals surface area contributed by atoms with Crippen LogP contribution < -0.4 is 0 Å². The van der Waals surface area contributed by atoms with Crippen LogP contribution in [0, 0.1) is 5.92 Å². The summed E-state index contributed by atoms with van der Waals surface area (Å²) in [5.41, 5.74) is 2.67. The first-order valence-electron chi connectivity index (χ1n) is 14.4. The molecule has 2 heterocycles. The molecule has 0 radical (unpaired) electrons. The SMILES string of the molecule is O=C(O)C1CC(N(Cc2ccc(-c3nc(-c4cc(Cc5ccccc5)c(C(F)(F)F)s4)no3)cc2)S(=O)(=O)Cc2ccccc2)C1. The van der Waals surface area contributed by atoms with Crippen molar-refractivity contribution in [3.63, 3.8) is 0 Å². The topological polar surface area (TPSA) is 114 Å². The third-order valence-corrected chi connectivity index (χ3v) is 11.0. The van der Waals surface area contributed by atoms with E-state index in [1.807, 2.05) is 0 Å². The van der Waals surface area contributed by atoms with Gasteiger partial charge in [0.15, 0.2) is 0 Å². The molecule has 0 saturated heterocycles. The van der Waals surface area contributed by atoms with Gasteiger partial charge in [-0.05, 0) is 59.7 Å². The van der Waals surface area contributed by atoms with Crippen LogP contribution in [-0.2, 0) is 39.7 Å². The molecule has 0 unspecified atom stereocenters. The Hall–Kier alpha value is -4.33. The van der Waals surface area contributed by atoms with E-state index in [9.17, 15) is 31.5 Å². The van der Waals surface area contributed by atoms with E-state index in [0.717, 1.165) is 5.56 Å². The summed E-state index contributed by atoms with van der Waals surface area (Å²) in [5.74, 6) is -1.60. The first-order valence-corrected chi connectivity index (χ1v) is 16.8. The highest BCUT2D eigenvalue weighted by molar-refractivity contribution is 7.88. The van der Waals surface area contributed by atoms with E-state index < -0.39 is 39.0 Å². The summed E-state index contributed by atoms with van der Waals surface area (Å²) < 4.78 is 75.4. The molecule has 1 saturated carbocycles. The number of aromatic nitrogens is 2. The van der Waals surface area contributed by atoms with E-state index in [0.29, 0.717) is 28.0 Å². The summed E-state index contributed by atoms with van der Waals surface area (Å²) in [4.78, 5) is 15.3. The molecule has 2 aromatic heterocycles. The molecule has 6 rings (SSSR count). The van der Waals surface area contributed by atoms with Crippen molar-refractivity contribution >= 4 is 27.3 Å². The number of aliphatic carboxylic acids is 1. The second kappa shape index (κ2) is 12.8. The zero-order chi connectivity index (χ0) is 32.5. The number of benzene rings is 3. The molecule has 5 aromatic rings. The van der Waals surface area contributed by atoms with Crippen LogP contribution in [0.15, 0.2) is 95.5 Å². The van der Waals surface area contributed by atoms with Crippen LogP contribution in [0.2, 0.25) is 0 Å².